The van der Waals surface area contributed by atoms with Crippen LogP contribution in [0.3, 0.4) is 0 Å². The molecule has 0 saturated heterocycles. The number of fused-ring (bicyclic) bond motifs is 1. The van der Waals surface area contributed by atoms with Crippen molar-refractivity contribution >= 4 is 33.0 Å². The topological polar surface area (TPSA) is 56.7 Å². The Morgan fingerprint density at radius 2 is 2.05 bits per heavy atom. The summed E-state index contributed by atoms with van der Waals surface area (Å²) in [5.74, 6) is 0.494. The fourth-order valence-electron chi connectivity index (χ4n) is 2.09. The molecule has 1 aromatic carbocycles. The first-order valence-corrected chi connectivity index (χ1v) is 6.76. The molecule has 0 atom stereocenters. The van der Waals surface area contributed by atoms with Crippen LogP contribution in [0.15, 0.2) is 40.9 Å². The number of aromatic nitrogens is 3. The Morgan fingerprint density at radius 3 is 2.84 bits per heavy atom. The minimum absolute atomic E-state index is 0.494. The molecule has 2 heterocycles. The number of aryl methyl sites for hydroxylation is 1. The average Bonchev–Trinajstić information content (AvgIpc) is 2.66. The van der Waals surface area contributed by atoms with Gasteiger partial charge in [0.25, 0.3) is 0 Å². The van der Waals surface area contributed by atoms with Gasteiger partial charge in [0.05, 0.1) is 6.54 Å². The van der Waals surface area contributed by atoms with Crippen molar-refractivity contribution < 1.29 is 0 Å². The van der Waals surface area contributed by atoms with Crippen LogP contribution in [0.1, 0.15) is 11.3 Å². The Labute approximate surface area is 119 Å². The molecular formula is C14H13BrN4. The highest BCUT2D eigenvalue weighted by molar-refractivity contribution is 9.10. The molecule has 2 aromatic heterocycles. The second-order valence-corrected chi connectivity index (χ2v) is 5.40. The average molecular weight is 317 g/mol. The van der Waals surface area contributed by atoms with Gasteiger partial charge in [-0.25, -0.2) is 9.97 Å². The van der Waals surface area contributed by atoms with E-state index in [1.54, 1.807) is 0 Å². The lowest BCUT2D eigenvalue weighted by Gasteiger charge is -2.06. The molecule has 19 heavy (non-hydrogen) atoms. The van der Waals surface area contributed by atoms with E-state index in [9.17, 15) is 0 Å². The molecular weight excluding hydrogens is 304 g/mol. The molecule has 0 unspecified atom stereocenters. The van der Waals surface area contributed by atoms with Gasteiger partial charge in [-0.05, 0) is 36.8 Å². The van der Waals surface area contributed by atoms with Crippen molar-refractivity contribution in [1.29, 1.82) is 0 Å². The third-order valence-corrected chi connectivity index (χ3v) is 3.48. The van der Waals surface area contributed by atoms with Crippen LogP contribution in [0.2, 0.25) is 0 Å². The van der Waals surface area contributed by atoms with Crippen molar-refractivity contribution in [3.8, 4) is 0 Å². The highest BCUT2D eigenvalue weighted by Crippen LogP contribution is 2.19. The van der Waals surface area contributed by atoms with E-state index in [1.807, 2.05) is 35.8 Å². The SMILES string of the molecule is Cc1ccc2nc(N)n(Cc3cccc(Br)c3)c2n1. The zero-order valence-electron chi connectivity index (χ0n) is 10.5. The van der Waals surface area contributed by atoms with E-state index in [0.717, 1.165) is 26.9 Å². The number of hydrogen-bond donors (Lipinski definition) is 1. The molecule has 3 rings (SSSR count). The van der Waals surface area contributed by atoms with Gasteiger partial charge in [0.15, 0.2) is 5.65 Å². The lowest BCUT2D eigenvalue weighted by molar-refractivity contribution is 0.825. The number of benzene rings is 1. The lowest BCUT2D eigenvalue weighted by Crippen LogP contribution is -2.05. The number of rotatable bonds is 2. The minimum atomic E-state index is 0.494. The molecule has 0 fully saturated rings. The molecule has 0 bridgehead atoms. The highest BCUT2D eigenvalue weighted by atomic mass is 79.9. The van der Waals surface area contributed by atoms with E-state index in [2.05, 4.69) is 38.0 Å². The number of imidazole rings is 1. The predicted molar refractivity (Wildman–Crippen MR) is 79.9 cm³/mol. The maximum Gasteiger partial charge on any atom is 0.202 e. The number of hydrogen-bond acceptors (Lipinski definition) is 3. The third kappa shape index (κ3) is 2.33. The molecule has 0 amide bonds. The molecule has 0 radical (unpaired) electrons. The van der Waals surface area contributed by atoms with Crippen LogP contribution in [-0.2, 0) is 6.54 Å². The number of nitrogen functional groups attached to an aromatic ring is 1. The van der Waals surface area contributed by atoms with Crippen LogP contribution in [-0.4, -0.2) is 14.5 Å². The standard InChI is InChI=1S/C14H13BrN4/c1-9-5-6-12-13(17-9)19(14(16)18-12)8-10-3-2-4-11(15)7-10/h2-7H,8H2,1H3,(H2,16,18). The van der Waals surface area contributed by atoms with Crippen LogP contribution >= 0.6 is 15.9 Å². The summed E-state index contributed by atoms with van der Waals surface area (Å²) in [6.07, 6.45) is 0. The van der Waals surface area contributed by atoms with Crippen molar-refractivity contribution in [2.45, 2.75) is 13.5 Å². The van der Waals surface area contributed by atoms with Gasteiger partial charge in [-0.15, -0.1) is 0 Å². The van der Waals surface area contributed by atoms with Gasteiger partial charge >= 0.3 is 0 Å². The third-order valence-electron chi connectivity index (χ3n) is 2.99. The fraction of sp³-hybridized carbons (Fsp3) is 0.143. The van der Waals surface area contributed by atoms with Crippen LogP contribution < -0.4 is 5.73 Å². The van der Waals surface area contributed by atoms with E-state index in [0.29, 0.717) is 12.5 Å². The van der Waals surface area contributed by atoms with Gasteiger partial charge in [0.2, 0.25) is 5.95 Å². The summed E-state index contributed by atoms with van der Waals surface area (Å²) in [5, 5.41) is 0. The van der Waals surface area contributed by atoms with Gasteiger partial charge in [0.1, 0.15) is 5.52 Å². The van der Waals surface area contributed by atoms with Gasteiger partial charge in [-0.2, -0.15) is 0 Å². The van der Waals surface area contributed by atoms with Gasteiger partial charge in [-0.1, -0.05) is 28.1 Å². The normalized spacial score (nSPS) is 11.1. The maximum atomic E-state index is 5.99. The summed E-state index contributed by atoms with van der Waals surface area (Å²) in [6, 6.07) is 12.0. The molecule has 0 aliphatic heterocycles. The summed E-state index contributed by atoms with van der Waals surface area (Å²) in [4.78, 5) is 8.86. The quantitative estimate of drug-likeness (QED) is 0.790. The van der Waals surface area contributed by atoms with Gasteiger partial charge in [0, 0.05) is 10.2 Å². The van der Waals surface area contributed by atoms with Crippen molar-refractivity contribution in [1.82, 2.24) is 14.5 Å². The zero-order chi connectivity index (χ0) is 13.4. The number of anilines is 1. The Morgan fingerprint density at radius 1 is 1.21 bits per heavy atom. The summed E-state index contributed by atoms with van der Waals surface area (Å²) in [5.41, 5.74) is 9.77. The number of nitrogens with two attached hydrogens (primary N) is 1. The second-order valence-electron chi connectivity index (χ2n) is 4.48. The summed E-state index contributed by atoms with van der Waals surface area (Å²) < 4.78 is 2.99. The monoisotopic (exact) mass is 316 g/mol. The van der Waals surface area contributed by atoms with Crippen LogP contribution in [0.4, 0.5) is 5.95 Å². The van der Waals surface area contributed by atoms with Gasteiger partial charge in [-0.3, -0.25) is 4.57 Å². The van der Waals surface area contributed by atoms with E-state index in [4.69, 9.17) is 5.73 Å². The predicted octanol–water partition coefficient (Wildman–Crippen LogP) is 3.13. The van der Waals surface area contributed by atoms with E-state index >= 15 is 0 Å². The van der Waals surface area contributed by atoms with Crippen LogP contribution in [0.25, 0.3) is 11.2 Å². The van der Waals surface area contributed by atoms with Crippen LogP contribution in [0, 0.1) is 6.92 Å². The summed E-state index contributed by atoms with van der Waals surface area (Å²) >= 11 is 3.47. The first-order chi connectivity index (χ1) is 9.13. The Balaban J connectivity index is 2.09. The smallest absolute Gasteiger partial charge is 0.202 e. The molecule has 0 spiro atoms. The fourth-order valence-corrected chi connectivity index (χ4v) is 2.53. The summed E-state index contributed by atoms with van der Waals surface area (Å²) in [7, 11) is 0. The van der Waals surface area contributed by atoms with Crippen molar-refractivity contribution in [3.05, 3.63) is 52.1 Å². The first-order valence-electron chi connectivity index (χ1n) is 5.97. The number of halogens is 1. The molecule has 2 N–H and O–H groups in total. The Hall–Kier alpha value is -1.88. The largest absolute Gasteiger partial charge is 0.369 e. The molecule has 0 aliphatic carbocycles. The zero-order valence-corrected chi connectivity index (χ0v) is 12.1. The van der Waals surface area contributed by atoms with E-state index in [1.165, 1.54) is 0 Å². The lowest BCUT2D eigenvalue weighted by atomic mass is 10.2. The molecule has 3 aromatic rings. The minimum Gasteiger partial charge on any atom is -0.369 e. The van der Waals surface area contributed by atoms with Crippen molar-refractivity contribution in [2.75, 3.05) is 5.73 Å². The molecule has 0 aliphatic rings. The van der Waals surface area contributed by atoms with Crippen LogP contribution in [0.5, 0.6) is 0 Å². The molecule has 96 valence electrons. The second kappa shape index (κ2) is 4.66. The molecule has 0 saturated carbocycles. The molecule has 5 heteroatoms. The first kappa shape index (κ1) is 12.2. The number of pyridine rings is 1. The van der Waals surface area contributed by atoms with Crippen molar-refractivity contribution in [3.63, 3.8) is 0 Å². The number of nitrogens with zero attached hydrogens (tertiary/aromatic N) is 3. The van der Waals surface area contributed by atoms with Gasteiger partial charge < -0.3 is 5.73 Å². The summed E-state index contributed by atoms with van der Waals surface area (Å²) in [6.45, 7) is 2.63. The molecule has 4 nitrogen and oxygen atoms in total. The van der Waals surface area contributed by atoms with E-state index in [-0.39, 0.29) is 0 Å². The highest BCUT2D eigenvalue weighted by Gasteiger charge is 2.10. The Bertz CT molecular complexity index is 748. The van der Waals surface area contributed by atoms with Crippen molar-refractivity contribution in [2.24, 2.45) is 0 Å². The maximum absolute atomic E-state index is 5.99. The Kier molecular flexibility index (Phi) is 2.98. The van der Waals surface area contributed by atoms with E-state index < -0.39 is 0 Å².